The standard InChI is InChI=1S/C49H30N2/c1-3-13-34(14-4-1)51(35-15-5-2-6-16-35)46-30-45-37-18-8-7-17-36(37)43(29-44(45)38-19-9-10-20-40(38)46)39-24-23-31-21-22-32-28-33-12-11-27-50-49(33)42-26-25-41(39)47(31)48(32)42/h1-30H. The SMILES string of the molecule is c1ccc(N(c2ccccc2)c2cc3c4ccccc4c(-c4ccc5ccc6cc7cccnc7c7ccc4c5c67)cc3c3ccccc23)cc1. The van der Waals surface area contributed by atoms with Crippen molar-refractivity contribution in [1.82, 2.24) is 4.98 Å². The zero-order valence-corrected chi connectivity index (χ0v) is 27.7. The van der Waals surface area contributed by atoms with Gasteiger partial charge in [0.05, 0.1) is 11.2 Å². The number of para-hydroxylation sites is 2. The molecule has 0 amide bonds. The summed E-state index contributed by atoms with van der Waals surface area (Å²) in [6.45, 7) is 0. The third kappa shape index (κ3) is 4.14. The van der Waals surface area contributed by atoms with E-state index in [-0.39, 0.29) is 0 Å². The monoisotopic (exact) mass is 646 g/mol. The average Bonchev–Trinajstić information content (AvgIpc) is 3.20. The summed E-state index contributed by atoms with van der Waals surface area (Å²) in [5.74, 6) is 0. The van der Waals surface area contributed by atoms with Crippen LogP contribution in [0.2, 0.25) is 0 Å². The average molecular weight is 647 g/mol. The Hall–Kier alpha value is -6.77. The molecule has 10 aromatic carbocycles. The van der Waals surface area contributed by atoms with E-state index >= 15 is 0 Å². The number of anilines is 3. The van der Waals surface area contributed by atoms with Crippen LogP contribution in [0.5, 0.6) is 0 Å². The Labute approximate surface area is 294 Å². The van der Waals surface area contributed by atoms with Crippen molar-refractivity contribution < 1.29 is 0 Å². The minimum absolute atomic E-state index is 1.06. The summed E-state index contributed by atoms with van der Waals surface area (Å²) < 4.78 is 0. The van der Waals surface area contributed by atoms with Crippen molar-refractivity contribution in [2.75, 3.05) is 4.90 Å². The lowest BCUT2D eigenvalue weighted by atomic mass is 9.85. The molecule has 11 rings (SSSR count). The summed E-state index contributed by atoms with van der Waals surface area (Å²) in [5.41, 5.74) is 6.98. The van der Waals surface area contributed by atoms with Crippen LogP contribution in [0.3, 0.4) is 0 Å². The Morgan fingerprint density at radius 3 is 1.69 bits per heavy atom. The van der Waals surface area contributed by atoms with Gasteiger partial charge in [0.15, 0.2) is 0 Å². The molecular weight excluding hydrogens is 617 g/mol. The molecule has 0 saturated carbocycles. The van der Waals surface area contributed by atoms with E-state index in [0.717, 1.165) is 22.6 Å². The second kappa shape index (κ2) is 10.9. The highest BCUT2D eigenvalue weighted by molar-refractivity contribution is 6.31. The third-order valence-corrected chi connectivity index (χ3v) is 10.8. The molecule has 2 nitrogen and oxygen atoms in total. The van der Waals surface area contributed by atoms with Crippen LogP contribution < -0.4 is 4.90 Å². The number of fused-ring (bicyclic) bond motifs is 7. The molecule has 1 heterocycles. The Kier molecular flexibility index (Phi) is 5.99. The van der Waals surface area contributed by atoms with E-state index in [4.69, 9.17) is 4.98 Å². The molecule has 236 valence electrons. The van der Waals surface area contributed by atoms with Crippen molar-refractivity contribution in [2.24, 2.45) is 0 Å². The van der Waals surface area contributed by atoms with Gasteiger partial charge in [-0.1, -0.05) is 127 Å². The fraction of sp³-hybridized carbons (Fsp3) is 0. The predicted octanol–water partition coefficient (Wildman–Crippen LogP) is 13.7. The molecule has 0 fully saturated rings. The van der Waals surface area contributed by atoms with Gasteiger partial charge in [-0.15, -0.1) is 0 Å². The number of hydrogen-bond acceptors (Lipinski definition) is 2. The van der Waals surface area contributed by atoms with E-state index in [9.17, 15) is 0 Å². The Balaban J connectivity index is 1.24. The van der Waals surface area contributed by atoms with Crippen LogP contribution in [0.1, 0.15) is 0 Å². The Bertz CT molecular complexity index is 3090. The molecule has 2 heteroatoms. The predicted molar refractivity (Wildman–Crippen MR) is 218 cm³/mol. The number of benzene rings is 10. The van der Waals surface area contributed by atoms with Crippen LogP contribution in [-0.2, 0) is 0 Å². The number of aromatic nitrogens is 1. The van der Waals surface area contributed by atoms with Crippen molar-refractivity contribution in [2.45, 2.75) is 0 Å². The quantitative estimate of drug-likeness (QED) is 0.140. The number of hydrogen-bond donors (Lipinski definition) is 0. The molecule has 0 aliphatic heterocycles. The molecule has 0 aliphatic carbocycles. The van der Waals surface area contributed by atoms with Gasteiger partial charge in [0.25, 0.3) is 0 Å². The maximum atomic E-state index is 4.83. The smallest absolute Gasteiger partial charge is 0.0780 e. The van der Waals surface area contributed by atoms with E-state index in [0.29, 0.717) is 0 Å². The number of rotatable bonds is 4. The van der Waals surface area contributed by atoms with Crippen LogP contribution in [0.15, 0.2) is 182 Å². The summed E-state index contributed by atoms with van der Waals surface area (Å²) in [6, 6.07) is 64.3. The zero-order chi connectivity index (χ0) is 33.5. The first-order valence-corrected chi connectivity index (χ1v) is 17.5. The minimum Gasteiger partial charge on any atom is -0.310 e. The van der Waals surface area contributed by atoms with E-state index in [1.807, 2.05) is 12.3 Å². The molecular formula is C49H30N2. The fourth-order valence-electron chi connectivity index (χ4n) is 8.58. The molecule has 0 atom stereocenters. The summed E-state index contributed by atoms with van der Waals surface area (Å²) in [4.78, 5) is 7.22. The van der Waals surface area contributed by atoms with Gasteiger partial charge in [0.2, 0.25) is 0 Å². The maximum absolute atomic E-state index is 4.83. The van der Waals surface area contributed by atoms with Gasteiger partial charge in [-0.25, -0.2) is 0 Å². The van der Waals surface area contributed by atoms with E-state index in [2.05, 4.69) is 175 Å². The second-order valence-electron chi connectivity index (χ2n) is 13.5. The highest BCUT2D eigenvalue weighted by Crippen LogP contribution is 2.47. The summed E-state index contributed by atoms with van der Waals surface area (Å²) in [6.07, 6.45) is 1.90. The summed E-state index contributed by atoms with van der Waals surface area (Å²) in [7, 11) is 0. The van der Waals surface area contributed by atoms with Gasteiger partial charge >= 0.3 is 0 Å². The van der Waals surface area contributed by atoms with E-state index in [1.165, 1.54) is 81.1 Å². The van der Waals surface area contributed by atoms with Crippen LogP contribution in [0, 0.1) is 0 Å². The molecule has 0 aliphatic rings. The van der Waals surface area contributed by atoms with Crippen molar-refractivity contribution in [3.05, 3.63) is 182 Å². The minimum atomic E-state index is 1.06. The summed E-state index contributed by atoms with van der Waals surface area (Å²) in [5, 5.41) is 16.2. The Morgan fingerprint density at radius 1 is 0.333 bits per heavy atom. The molecule has 1 aromatic heterocycles. The third-order valence-electron chi connectivity index (χ3n) is 10.8. The molecule has 0 bridgehead atoms. The zero-order valence-electron chi connectivity index (χ0n) is 27.7. The van der Waals surface area contributed by atoms with Crippen molar-refractivity contribution in [3.8, 4) is 11.1 Å². The van der Waals surface area contributed by atoms with E-state index in [1.54, 1.807) is 0 Å². The van der Waals surface area contributed by atoms with Gasteiger partial charge in [0.1, 0.15) is 0 Å². The maximum Gasteiger partial charge on any atom is 0.0780 e. The van der Waals surface area contributed by atoms with Gasteiger partial charge in [0, 0.05) is 33.7 Å². The number of pyridine rings is 1. The van der Waals surface area contributed by atoms with E-state index < -0.39 is 0 Å². The van der Waals surface area contributed by atoms with Crippen molar-refractivity contribution in [3.63, 3.8) is 0 Å². The second-order valence-corrected chi connectivity index (χ2v) is 13.5. The first kappa shape index (κ1) is 28.1. The van der Waals surface area contributed by atoms with Crippen LogP contribution in [0.25, 0.3) is 86.7 Å². The summed E-state index contributed by atoms with van der Waals surface area (Å²) >= 11 is 0. The molecule has 0 saturated heterocycles. The topological polar surface area (TPSA) is 16.1 Å². The van der Waals surface area contributed by atoms with Crippen molar-refractivity contribution >= 4 is 92.6 Å². The van der Waals surface area contributed by atoms with Crippen LogP contribution in [-0.4, -0.2) is 4.98 Å². The van der Waals surface area contributed by atoms with Gasteiger partial charge in [-0.3, -0.25) is 4.98 Å². The largest absolute Gasteiger partial charge is 0.310 e. The van der Waals surface area contributed by atoms with Crippen LogP contribution >= 0.6 is 0 Å². The first-order valence-electron chi connectivity index (χ1n) is 17.5. The highest BCUT2D eigenvalue weighted by atomic mass is 15.1. The first-order chi connectivity index (χ1) is 25.3. The number of nitrogens with zero attached hydrogens (tertiary/aromatic N) is 2. The molecule has 0 radical (unpaired) electrons. The molecule has 11 aromatic rings. The van der Waals surface area contributed by atoms with Gasteiger partial charge in [-0.05, 0) is 114 Å². The molecule has 0 spiro atoms. The van der Waals surface area contributed by atoms with Gasteiger partial charge in [-0.2, -0.15) is 0 Å². The lowest BCUT2D eigenvalue weighted by Gasteiger charge is -2.28. The van der Waals surface area contributed by atoms with Crippen molar-refractivity contribution in [1.29, 1.82) is 0 Å². The molecule has 0 N–H and O–H groups in total. The Morgan fingerprint density at radius 2 is 0.922 bits per heavy atom. The molecule has 51 heavy (non-hydrogen) atoms. The van der Waals surface area contributed by atoms with Gasteiger partial charge < -0.3 is 4.90 Å². The normalized spacial score (nSPS) is 11.9. The fourth-order valence-corrected chi connectivity index (χ4v) is 8.58. The lowest BCUT2D eigenvalue weighted by Crippen LogP contribution is -2.10. The lowest BCUT2D eigenvalue weighted by molar-refractivity contribution is 1.30. The molecule has 0 unspecified atom stereocenters. The highest BCUT2D eigenvalue weighted by Gasteiger charge is 2.21. The van der Waals surface area contributed by atoms with Crippen LogP contribution in [0.4, 0.5) is 17.1 Å².